The van der Waals surface area contributed by atoms with E-state index in [-0.39, 0.29) is 6.03 Å². The third-order valence-electron chi connectivity index (χ3n) is 5.36. The molecule has 0 spiro atoms. The van der Waals surface area contributed by atoms with Gasteiger partial charge in [0.2, 0.25) is 0 Å². The van der Waals surface area contributed by atoms with E-state index in [9.17, 15) is 4.79 Å². The van der Waals surface area contributed by atoms with Crippen molar-refractivity contribution in [2.45, 2.75) is 32.7 Å². The van der Waals surface area contributed by atoms with E-state index in [1.807, 2.05) is 24.0 Å². The van der Waals surface area contributed by atoms with E-state index >= 15 is 0 Å². The molecule has 0 radical (unpaired) electrons. The van der Waals surface area contributed by atoms with Crippen LogP contribution in [0.1, 0.15) is 23.1 Å². The van der Waals surface area contributed by atoms with Gasteiger partial charge >= 0.3 is 6.03 Å². The van der Waals surface area contributed by atoms with Crippen molar-refractivity contribution in [3.05, 3.63) is 59.2 Å². The second kappa shape index (κ2) is 6.43. The van der Waals surface area contributed by atoms with Gasteiger partial charge in [-0.1, -0.05) is 35.9 Å². The molecule has 0 unspecified atom stereocenters. The smallest absolute Gasteiger partial charge is 0.321 e. The van der Waals surface area contributed by atoms with Crippen molar-refractivity contribution in [2.75, 3.05) is 29.9 Å². The molecule has 1 N–H and O–H groups in total. The Morgan fingerprint density at radius 1 is 1.12 bits per heavy atom. The number of amides is 2. The number of nitrogens with zero attached hydrogens (tertiary/aromatic N) is 2. The molecule has 4 heteroatoms. The highest BCUT2D eigenvalue weighted by atomic mass is 16.2. The molecule has 0 atom stereocenters. The molecule has 4 nitrogen and oxygen atoms in total. The van der Waals surface area contributed by atoms with Crippen LogP contribution in [0.3, 0.4) is 0 Å². The molecule has 2 amide bonds. The fourth-order valence-corrected chi connectivity index (χ4v) is 3.91. The first-order chi connectivity index (χ1) is 12.1. The molecular formula is C21H25N3O. The number of hydrogen-bond donors (Lipinski definition) is 1. The minimum atomic E-state index is 0.00787. The Kier molecular flexibility index (Phi) is 4.12. The molecule has 2 aromatic carbocycles. The van der Waals surface area contributed by atoms with Crippen LogP contribution in [0.25, 0.3) is 0 Å². The first kappa shape index (κ1) is 16.0. The van der Waals surface area contributed by atoms with Gasteiger partial charge < -0.3 is 15.1 Å². The maximum atomic E-state index is 12.5. The fraction of sp³-hybridized carbons (Fsp3) is 0.381. The maximum absolute atomic E-state index is 12.5. The van der Waals surface area contributed by atoms with Gasteiger partial charge in [-0.05, 0) is 49.9 Å². The minimum Gasteiger partial charge on any atom is -0.365 e. The van der Waals surface area contributed by atoms with Crippen LogP contribution in [0.4, 0.5) is 16.2 Å². The molecule has 0 bridgehead atoms. The summed E-state index contributed by atoms with van der Waals surface area (Å²) >= 11 is 0. The summed E-state index contributed by atoms with van der Waals surface area (Å²) < 4.78 is 0. The van der Waals surface area contributed by atoms with Crippen LogP contribution in [-0.4, -0.2) is 36.6 Å². The number of carbonyl (C=O) groups is 1. The molecule has 130 valence electrons. The maximum Gasteiger partial charge on any atom is 0.321 e. The number of fused-ring (bicyclic) bond motifs is 1. The Bertz CT molecular complexity index is 795. The molecule has 2 heterocycles. The van der Waals surface area contributed by atoms with Crippen LogP contribution in [0.2, 0.25) is 0 Å². The van der Waals surface area contributed by atoms with E-state index < -0.39 is 0 Å². The number of carbonyl (C=O) groups excluding carboxylic acids is 1. The van der Waals surface area contributed by atoms with Crippen LogP contribution in [0, 0.1) is 13.8 Å². The van der Waals surface area contributed by atoms with Gasteiger partial charge in [-0.15, -0.1) is 0 Å². The monoisotopic (exact) mass is 335 g/mol. The largest absolute Gasteiger partial charge is 0.365 e. The van der Waals surface area contributed by atoms with E-state index in [4.69, 9.17) is 0 Å². The number of likely N-dealkylation sites (tertiary alicyclic amines) is 1. The number of benzene rings is 2. The number of urea groups is 1. The third-order valence-corrected chi connectivity index (χ3v) is 5.36. The Balaban J connectivity index is 1.38. The second-order valence-corrected chi connectivity index (χ2v) is 7.23. The van der Waals surface area contributed by atoms with Gasteiger partial charge in [0.25, 0.3) is 0 Å². The molecule has 1 fully saturated rings. The number of hydrogen-bond acceptors (Lipinski definition) is 2. The van der Waals surface area contributed by atoms with Gasteiger partial charge in [-0.3, -0.25) is 0 Å². The average molecular weight is 335 g/mol. The first-order valence-corrected chi connectivity index (χ1v) is 9.09. The van der Waals surface area contributed by atoms with E-state index in [0.29, 0.717) is 6.04 Å². The van der Waals surface area contributed by atoms with Crippen molar-refractivity contribution in [1.82, 2.24) is 4.90 Å². The van der Waals surface area contributed by atoms with Crippen LogP contribution in [-0.2, 0) is 6.42 Å². The first-order valence-electron chi connectivity index (χ1n) is 9.09. The SMILES string of the molecule is Cc1ccc(NC(=O)N2CC(N3CCCc4ccccc43)C2)c(C)c1. The van der Waals surface area contributed by atoms with Crippen molar-refractivity contribution in [3.8, 4) is 0 Å². The number of aryl methyl sites for hydroxylation is 3. The van der Waals surface area contributed by atoms with Crippen molar-refractivity contribution < 1.29 is 4.79 Å². The summed E-state index contributed by atoms with van der Waals surface area (Å²) in [5.74, 6) is 0. The van der Waals surface area contributed by atoms with Gasteiger partial charge in [0.1, 0.15) is 0 Å². The molecule has 1 saturated heterocycles. The standard InChI is InChI=1S/C21H25N3O/c1-15-9-10-19(16(2)12-15)22-21(25)23-13-18(14-23)24-11-5-7-17-6-3-4-8-20(17)24/h3-4,6,8-10,12,18H,5,7,11,13-14H2,1-2H3,(H,22,25). The number of rotatable bonds is 2. The Morgan fingerprint density at radius 2 is 1.92 bits per heavy atom. The van der Waals surface area contributed by atoms with E-state index in [1.54, 1.807) is 0 Å². The predicted octanol–water partition coefficient (Wildman–Crippen LogP) is 3.97. The molecule has 2 aromatic rings. The van der Waals surface area contributed by atoms with Gasteiger partial charge in [0.05, 0.1) is 6.04 Å². The zero-order valence-electron chi connectivity index (χ0n) is 15.0. The second-order valence-electron chi connectivity index (χ2n) is 7.23. The Hall–Kier alpha value is -2.49. The van der Waals surface area contributed by atoms with E-state index in [1.165, 1.54) is 23.2 Å². The molecule has 0 aromatic heterocycles. The van der Waals surface area contributed by atoms with Crippen molar-refractivity contribution in [3.63, 3.8) is 0 Å². The Labute approximate surface area is 149 Å². The van der Waals surface area contributed by atoms with Gasteiger partial charge in [-0.2, -0.15) is 0 Å². The van der Waals surface area contributed by atoms with Crippen LogP contribution in [0.5, 0.6) is 0 Å². The summed E-state index contributed by atoms with van der Waals surface area (Å²) in [6, 6.07) is 15.2. The number of nitrogens with one attached hydrogen (secondary N) is 1. The van der Waals surface area contributed by atoms with Gasteiger partial charge in [0, 0.05) is 31.0 Å². The minimum absolute atomic E-state index is 0.00787. The lowest BCUT2D eigenvalue weighted by Gasteiger charge is -2.48. The molecule has 25 heavy (non-hydrogen) atoms. The van der Waals surface area contributed by atoms with Gasteiger partial charge in [0.15, 0.2) is 0 Å². The van der Waals surface area contributed by atoms with Gasteiger partial charge in [-0.25, -0.2) is 4.79 Å². The molecule has 2 aliphatic rings. The number of anilines is 2. The molecule has 0 aliphatic carbocycles. The lowest BCUT2D eigenvalue weighted by atomic mass is 9.97. The highest BCUT2D eigenvalue weighted by Crippen LogP contribution is 2.31. The van der Waals surface area contributed by atoms with E-state index in [0.717, 1.165) is 37.3 Å². The predicted molar refractivity (Wildman–Crippen MR) is 102 cm³/mol. The van der Waals surface area contributed by atoms with Crippen molar-refractivity contribution in [1.29, 1.82) is 0 Å². The van der Waals surface area contributed by atoms with Crippen LogP contribution < -0.4 is 10.2 Å². The summed E-state index contributed by atoms with van der Waals surface area (Å²) in [6.07, 6.45) is 2.36. The van der Waals surface area contributed by atoms with Crippen LogP contribution in [0.15, 0.2) is 42.5 Å². The lowest BCUT2D eigenvalue weighted by Crippen LogP contribution is -2.62. The van der Waals surface area contributed by atoms with Crippen LogP contribution >= 0.6 is 0 Å². The summed E-state index contributed by atoms with van der Waals surface area (Å²) in [5.41, 5.74) is 6.01. The summed E-state index contributed by atoms with van der Waals surface area (Å²) in [5, 5.41) is 3.05. The lowest BCUT2D eigenvalue weighted by molar-refractivity contribution is 0.160. The zero-order chi connectivity index (χ0) is 17.4. The zero-order valence-corrected chi connectivity index (χ0v) is 15.0. The number of para-hydroxylation sites is 1. The fourth-order valence-electron chi connectivity index (χ4n) is 3.91. The molecule has 4 rings (SSSR count). The highest BCUT2D eigenvalue weighted by molar-refractivity contribution is 5.91. The summed E-state index contributed by atoms with van der Waals surface area (Å²) in [7, 11) is 0. The topological polar surface area (TPSA) is 35.6 Å². The molecule has 0 saturated carbocycles. The molecule has 2 aliphatic heterocycles. The molecular weight excluding hydrogens is 310 g/mol. The van der Waals surface area contributed by atoms with Crippen molar-refractivity contribution >= 4 is 17.4 Å². The third kappa shape index (κ3) is 3.09. The average Bonchev–Trinajstić information content (AvgIpc) is 2.56. The quantitative estimate of drug-likeness (QED) is 0.901. The van der Waals surface area contributed by atoms with E-state index in [2.05, 4.69) is 47.5 Å². The summed E-state index contributed by atoms with van der Waals surface area (Å²) in [6.45, 7) is 6.78. The van der Waals surface area contributed by atoms with Crippen molar-refractivity contribution in [2.24, 2.45) is 0 Å². The normalized spacial score (nSPS) is 17.0. The Morgan fingerprint density at radius 3 is 2.72 bits per heavy atom. The highest BCUT2D eigenvalue weighted by Gasteiger charge is 2.36. The summed E-state index contributed by atoms with van der Waals surface area (Å²) in [4.78, 5) is 16.9.